The van der Waals surface area contributed by atoms with Gasteiger partial charge in [0.2, 0.25) is 10.0 Å². The van der Waals surface area contributed by atoms with Gasteiger partial charge >= 0.3 is 5.69 Å². The zero-order valence-corrected chi connectivity index (χ0v) is 11.4. The summed E-state index contributed by atoms with van der Waals surface area (Å²) in [7, 11) is -1.49. The number of nitrogens with one attached hydrogen (secondary N) is 1. The normalized spacial score (nSPS) is 17.4. The number of aliphatic hydroxyl groups excluding tert-OH is 1. The van der Waals surface area contributed by atoms with Crippen molar-refractivity contribution in [3.63, 3.8) is 0 Å². The Morgan fingerprint density at radius 1 is 1.37 bits per heavy atom. The van der Waals surface area contributed by atoms with Gasteiger partial charge in [0, 0.05) is 20.3 Å². The van der Waals surface area contributed by atoms with Gasteiger partial charge in [-0.2, -0.15) is 0 Å². The van der Waals surface area contributed by atoms with Gasteiger partial charge in [0.15, 0.2) is 4.90 Å². The lowest BCUT2D eigenvalue weighted by Crippen LogP contribution is -2.45. The zero-order valence-electron chi connectivity index (χ0n) is 10.6. The Morgan fingerprint density at radius 2 is 1.95 bits per heavy atom. The molecule has 1 aromatic heterocycles. The molecule has 0 atom stereocenters. The summed E-state index contributed by atoms with van der Waals surface area (Å²) < 4.78 is 28.3. The van der Waals surface area contributed by atoms with Crippen LogP contribution in [0.3, 0.4) is 0 Å². The van der Waals surface area contributed by atoms with Gasteiger partial charge in [-0.1, -0.05) is 0 Å². The molecule has 2 N–H and O–H groups in total. The number of aromatic nitrogens is 2. The summed E-state index contributed by atoms with van der Waals surface area (Å²) >= 11 is 0. The van der Waals surface area contributed by atoms with E-state index in [0.29, 0.717) is 12.8 Å². The summed E-state index contributed by atoms with van der Waals surface area (Å²) in [5.41, 5.74) is -2.35. The van der Waals surface area contributed by atoms with Crippen LogP contribution in [-0.4, -0.2) is 34.8 Å². The smallest absolute Gasteiger partial charge is 0.330 e. The molecule has 1 fully saturated rings. The van der Waals surface area contributed by atoms with Crippen molar-refractivity contribution in [3.8, 4) is 0 Å². The summed E-state index contributed by atoms with van der Waals surface area (Å²) in [5, 5.41) is 9.12. The molecular weight excluding hydrogens is 274 g/mol. The monoisotopic (exact) mass is 289 g/mol. The maximum absolute atomic E-state index is 12.1. The second-order valence-corrected chi connectivity index (χ2v) is 6.45. The summed E-state index contributed by atoms with van der Waals surface area (Å²) in [6.07, 6.45) is 2.03. The van der Waals surface area contributed by atoms with Crippen molar-refractivity contribution < 1.29 is 13.5 Å². The van der Waals surface area contributed by atoms with Gasteiger partial charge in [-0.3, -0.25) is 9.36 Å². The van der Waals surface area contributed by atoms with Crippen LogP contribution >= 0.6 is 0 Å². The van der Waals surface area contributed by atoms with Gasteiger partial charge in [0.1, 0.15) is 0 Å². The second kappa shape index (κ2) is 4.29. The quantitative estimate of drug-likeness (QED) is 0.659. The van der Waals surface area contributed by atoms with E-state index in [1.54, 1.807) is 0 Å². The van der Waals surface area contributed by atoms with E-state index < -0.39 is 31.7 Å². The first-order valence-electron chi connectivity index (χ1n) is 5.64. The van der Waals surface area contributed by atoms with Crippen LogP contribution in [0.5, 0.6) is 0 Å². The van der Waals surface area contributed by atoms with E-state index in [0.717, 1.165) is 15.3 Å². The molecule has 0 spiro atoms. The van der Waals surface area contributed by atoms with Crippen molar-refractivity contribution in [2.75, 3.05) is 6.61 Å². The molecule has 0 bridgehead atoms. The van der Waals surface area contributed by atoms with E-state index in [9.17, 15) is 18.0 Å². The van der Waals surface area contributed by atoms with Gasteiger partial charge in [-0.15, -0.1) is 0 Å². The Morgan fingerprint density at radius 3 is 2.42 bits per heavy atom. The predicted molar refractivity (Wildman–Crippen MR) is 66.3 cm³/mol. The minimum atomic E-state index is -4.06. The maximum Gasteiger partial charge on any atom is 0.330 e. The van der Waals surface area contributed by atoms with Crippen LogP contribution in [0, 0.1) is 0 Å². The molecule has 19 heavy (non-hydrogen) atoms. The fraction of sp³-hybridized carbons (Fsp3) is 0.600. The van der Waals surface area contributed by atoms with Gasteiger partial charge in [0.25, 0.3) is 5.56 Å². The Balaban J connectivity index is 2.53. The number of nitrogens with zero attached hydrogens (tertiary/aromatic N) is 2. The number of aryl methyl sites for hydroxylation is 1. The molecule has 0 radical (unpaired) electrons. The van der Waals surface area contributed by atoms with Gasteiger partial charge < -0.3 is 9.67 Å². The van der Waals surface area contributed by atoms with Crippen LogP contribution in [0.15, 0.2) is 20.7 Å². The van der Waals surface area contributed by atoms with Gasteiger partial charge in [-0.05, 0) is 12.8 Å². The van der Waals surface area contributed by atoms with E-state index in [2.05, 4.69) is 4.72 Å². The molecule has 9 heteroatoms. The first kappa shape index (κ1) is 14.0. The van der Waals surface area contributed by atoms with Crippen LogP contribution in [0.2, 0.25) is 0 Å². The third-order valence-corrected chi connectivity index (χ3v) is 4.77. The van der Waals surface area contributed by atoms with Gasteiger partial charge in [-0.25, -0.2) is 17.9 Å². The van der Waals surface area contributed by atoms with Crippen molar-refractivity contribution >= 4 is 10.0 Å². The lowest BCUT2D eigenvalue weighted by molar-refractivity contribution is 0.246. The van der Waals surface area contributed by atoms with E-state index in [-0.39, 0.29) is 6.61 Å². The third kappa shape index (κ3) is 2.36. The van der Waals surface area contributed by atoms with Crippen LogP contribution in [0.4, 0.5) is 0 Å². The molecule has 1 heterocycles. The van der Waals surface area contributed by atoms with E-state index in [4.69, 9.17) is 5.11 Å². The van der Waals surface area contributed by atoms with Crippen molar-refractivity contribution in [1.82, 2.24) is 13.9 Å². The van der Waals surface area contributed by atoms with Crippen molar-refractivity contribution in [2.45, 2.75) is 23.3 Å². The molecule has 2 rings (SSSR count). The van der Waals surface area contributed by atoms with Crippen molar-refractivity contribution in [1.29, 1.82) is 0 Å². The number of aliphatic hydroxyl groups is 1. The van der Waals surface area contributed by atoms with Crippen LogP contribution in [0.25, 0.3) is 0 Å². The fourth-order valence-corrected chi connectivity index (χ4v) is 3.36. The topological polar surface area (TPSA) is 110 Å². The standard InChI is InChI=1S/C10H15N3O5S/c1-12-5-7(8(15)13(2)9(12)16)19(17,18)11-10(6-14)3-4-10/h5,11,14H,3-4,6H2,1-2H3. The zero-order chi connectivity index (χ0) is 14.4. The molecule has 8 nitrogen and oxygen atoms in total. The first-order chi connectivity index (χ1) is 8.72. The molecule has 1 aliphatic carbocycles. The van der Waals surface area contributed by atoms with Crippen molar-refractivity contribution in [2.24, 2.45) is 14.1 Å². The molecule has 106 valence electrons. The number of hydrogen-bond acceptors (Lipinski definition) is 5. The summed E-state index contributed by atoms with van der Waals surface area (Å²) in [6.45, 7) is -0.321. The average Bonchev–Trinajstić information content (AvgIpc) is 3.10. The minimum Gasteiger partial charge on any atom is -0.394 e. The predicted octanol–water partition coefficient (Wildman–Crippen LogP) is -2.11. The number of sulfonamides is 1. The van der Waals surface area contributed by atoms with Crippen molar-refractivity contribution in [3.05, 3.63) is 27.0 Å². The summed E-state index contributed by atoms with van der Waals surface area (Å²) in [4.78, 5) is 22.8. The highest BCUT2D eigenvalue weighted by molar-refractivity contribution is 7.89. The van der Waals surface area contributed by atoms with Crippen LogP contribution in [-0.2, 0) is 24.1 Å². The SMILES string of the molecule is Cn1cc(S(=O)(=O)NC2(CO)CC2)c(=O)n(C)c1=O. The first-order valence-corrected chi connectivity index (χ1v) is 7.12. The molecule has 0 amide bonds. The molecule has 0 aromatic carbocycles. The minimum absolute atomic E-state index is 0.321. The molecule has 1 aromatic rings. The lowest BCUT2D eigenvalue weighted by Gasteiger charge is -2.15. The number of rotatable bonds is 4. The van der Waals surface area contributed by atoms with Crippen LogP contribution < -0.4 is 16.0 Å². The summed E-state index contributed by atoms with van der Waals surface area (Å²) in [5.74, 6) is 0. The van der Waals surface area contributed by atoms with E-state index >= 15 is 0 Å². The third-order valence-electron chi connectivity index (χ3n) is 3.21. The molecule has 0 saturated heterocycles. The molecule has 1 aliphatic rings. The number of hydrogen-bond donors (Lipinski definition) is 2. The Labute approximate surface area is 109 Å². The molecule has 0 aliphatic heterocycles. The lowest BCUT2D eigenvalue weighted by atomic mass is 10.3. The summed E-state index contributed by atoms with van der Waals surface area (Å²) in [6, 6.07) is 0. The highest BCUT2D eigenvalue weighted by atomic mass is 32.2. The highest BCUT2D eigenvalue weighted by Crippen LogP contribution is 2.35. The molecule has 0 unspecified atom stereocenters. The highest BCUT2D eigenvalue weighted by Gasteiger charge is 2.46. The Hall–Kier alpha value is -1.45. The van der Waals surface area contributed by atoms with Gasteiger partial charge in [0.05, 0.1) is 12.1 Å². The van der Waals surface area contributed by atoms with E-state index in [1.807, 2.05) is 0 Å². The van der Waals surface area contributed by atoms with E-state index in [1.165, 1.54) is 14.1 Å². The molecule has 1 saturated carbocycles. The fourth-order valence-electron chi connectivity index (χ4n) is 1.74. The average molecular weight is 289 g/mol. The largest absolute Gasteiger partial charge is 0.394 e. The molecular formula is C10H15N3O5S. The Kier molecular flexibility index (Phi) is 3.15. The maximum atomic E-state index is 12.1. The Bertz CT molecular complexity index is 727. The second-order valence-electron chi connectivity index (χ2n) is 4.79. The van der Waals surface area contributed by atoms with Crippen LogP contribution in [0.1, 0.15) is 12.8 Å².